The number of carboxylic acids is 2. The average molecular weight is 561 g/mol. The molecule has 10 heteroatoms. The highest BCUT2D eigenvalue weighted by Gasteiger charge is 2.21. The lowest BCUT2D eigenvalue weighted by Gasteiger charge is -2.15. The summed E-state index contributed by atoms with van der Waals surface area (Å²) in [5.41, 5.74) is 0. The van der Waals surface area contributed by atoms with Crippen molar-refractivity contribution in [1.82, 2.24) is 10.6 Å². The molecule has 0 saturated heterocycles. The van der Waals surface area contributed by atoms with E-state index in [-0.39, 0.29) is 31.6 Å². The number of carbonyl (C=O) groups is 5. The Bertz CT molecular complexity index is 674. The molecule has 0 aliphatic rings. The number of hydrogen-bond donors (Lipinski definition) is 5. The van der Waals surface area contributed by atoms with Gasteiger partial charge in [0.05, 0.1) is 6.04 Å². The molecule has 9 nitrogen and oxygen atoms in total. The standard InChI is InChI=1S/C26H46N2O7S.C2H6/c1-20(26(35)36)27-23(30)19-18-21(25(33)34)28-22(29)16-14-12-10-8-6-4-2-3-5-7-9-11-13-15-17-24(31)32;1-2/h20-21H,2-19H2,1H3,(H,27,30)(H,28,29)(H,31,32)(H,33,34)(H,35,36);1-2H3. The quantitative estimate of drug-likeness (QED) is 0.0756. The van der Waals surface area contributed by atoms with Crippen molar-refractivity contribution in [3.05, 3.63) is 0 Å². The molecule has 0 spiro atoms. The number of carboxylic acid groups (broad SMARTS) is 2. The molecule has 0 aliphatic carbocycles. The Morgan fingerprint density at radius 3 is 1.34 bits per heavy atom. The fourth-order valence-corrected chi connectivity index (χ4v) is 3.92. The molecule has 2 unspecified atom stereocenters. The van der Waals surface area contributed by atoms with Crippen LogP contribution in [0.5, 0.6) is 0 Å². The SMILES string of the molecule is CC.CC(NC(=O)CCC(NC(=O)CCCCCCCCCCCCCCCCC(=O)O)C(=O)O)C(=O)S. The second kappa shape index (κ2) is 26.5. The monoisotopic (exact) mass is 560 g/mol. The van der Waals surface area contributed by atoms with Crippen LogP contribution < -0.4 is 10.6 Å². The highest BCUT2D eigenvalue weighted by molar-refractivity contribution is 7.96. The van der Waals surface area contributed by atoms with Gasteiger partial charge in [-0.2, -0.15) is 0 Å². The Morgan fingerprint density at radius 1 is 0.605 bits per heavy atom. The molecule has 0 aromatic rings. The molecule has 4 N–H and O–H groups in total. The third-order valence-electron chi connectivity index (χ3n) is 6.09. The van der Waals surface area contributed by atoms with Crippen molar-refractivity contribution in [2.24, 2.45) is 0 Å². The lowest BCUT2D eigenvalue weighted by molar-refractivity contribution is -0.142. The number of unbranched alkanes of at least 4 members (excludes halogenated alkanes) is 13. The van der Waals surface area contributed by atoms with Crippen molar-refractivity contribution in [1.29, 1.82) is 0 Å². The van der Waals surface area contributed by atoms with Crippen molar-refractivity contribution in [2.45, 2.75) is 148 Å². The van der Waals surface area contributed by atoms with E-state index >= 15 is 0 Å². The van der Waals surface area contributed by atoms with E-state index < -0.39 is 35.0 Å². The number of carbonyl (C=O) groups excluding carboxylic acids is 3. The first-order valence-corrected chi connectivity index (χ1v) is 14.8. The Morgan fingerprint density at radius 2 is 0.974 bits per heavy atom. The van der Waals surface area contributed by atoms with E-state index in [1.54, 1.807) is 0 Å². The van der Waals surface area contributed by atoms with Crippen molar-refractivity contribution in [3.8, 4) is 0 Å². The van der Waals surface area contributed by atoms with Crippen LogP contribution in [0.4, 0.5) is 0 Å². The predicted molar refractivity (Wildman–Crippen MR) is 153 cm³/mol. The van der Waals surface area contributed by atoms with Gasteiger partial charge in [-0.05, 0) is 26.2 Å². The van der Waals surface area contributed by atoms with Gasteiger partial charge in [-0.1, -0.05) is 90.9 Å². The summed E-state index contributed by atoms with van der Waals surface area (Å²) >= 11 is 3.63. The molecular weight excluding hydrogens is 508 g/mol. The molecule has 0 rings (SSSR count). The van der Waals surface area contributed by atoms with Crippen molar-refractivity contribution in [3.63, 3.8) is 0 Å². The van der Waals surface area contributed by atoms with Crippen LogP contribution in [0.15, 0.2) is 0 Å². The third kappa shape index (κ3) is 25.5. The van der Waals surface area contributed by atoms with Crippen LogP contribution in [-0.2, 0) is 24.0 Å². The van der Waals surface area contributed by atoms with Gasteiger partial charge in [0.2, 0.25) is 16.9 Å². The van der Waals surface area contributed by atoms with Gasteiger partial charge in [0.15, 0.2) is 0 Å². The van der Waals surface area contributed by atoms with E-state index in [4.69, 9.17) is 5.11 Å². The van der Waals surface area contributed by atoms with E-state index in [0.29, 0.717) is 6.42 Å². The molecule has 0 aliphatic heterocycles. The van der Waals surface area contributed by atoms with Gasteiger partial charge in [0.1, 0.15) is 6.04 Å². The number of hydrogen-bond acceptors (Lipinski definition) is 5. The number of amides is 2. The molecule has 0 aromatic heterocycles. The number of rotatable bonds is 24. The number of nitrogens with one attached hydrogen (secondary N) is 2. The first-order chi connectivity index (χ1) is 18.1. The molecule has 2 atom stereocenters. The van der Waals surface area contributed by atoms with Crippen molar-refractivity contribution in [2.75, 3.05) is 0 Å². The van der Waals surface area contributed by atoms with E-state index in [9.17, 15) is 29.1 Å². The number of aliphatic carboxylic acids is 2. The highest BCUT2D eigenvalue weighted by atomic mass is 32.1. The molecule has 0 saturated carbocycles. The van der Waals surface area contributed by atoms with Crippen LogP contribution in [0, 0.1) is 0 Å². The van der Waals surface area contributed by atoms with Crippen LogP contribution in [0.3, 0.4) is 0 Å². The van der Waals surface area contributed by atoms with Crippen LogP contribution in [0.25, 0.3) is 0 Å². The minimum Gasteiger partial charge on any atom is -0.481 e. The summed E-state index contributed by atoms with van der Waals surface area (Å²) in [7, 11) is 0. The lowest BCUT2D eigenvalue weighted by atomic mass is 10.0. The van der Waals surface area contributed by atoms with Gasteiger partial charge < -0.3 is 20.8 Å². The smallest absolute Gasteiger partial charge is 0.326 e. The lowest BCUT2D eigenvalue weighted by Crippen LogP contribution is -2.42. The first-order valence-electron chi connectivity index (χ1n) is 14.4. The maximum absolute atomic E-state index is 12.1. The fraction of sp³-hybridized carbons (Fsp3) is 0.821. The van der Waals surface area contributed by atoms with Crippen molar-refractivity contribution < 1.29 is 34.2 Å². The summed E-state index contributed by atoms with van der Waals surface area (Å²) in [6.45, 7) is 5.49. The Balaban J connectivity index is 0. The average Bonchev–Trinajstić information content (AvgIpc) is 2.86. The minimum absolute atomic E-state index is 0.0484. The summed E-state index contributed by atoms with van der Waals surface area (Å²) in [5, 5.41) is 22.3. The van der Waals surface area contributed by atoms with Crippen LogP contribution in [0.1, 0.15) is 136 Å². The van der Waals surface area contributed by atoms with Gasteiger partial charge in [-0.25, -0.2) is 4.79 Å². The Hall–Kier alpha value is -2.10. The molecule has 0 bridgehead atoms. The van der Waals surface area contributed by atoms with E-state index in [1.165, 1.54) is 51.9 Å². The molecular formula is C28H52N2O7S. The van der Waals surface area contributed by atoms with Crippen LogP contribution in [-0.4, -0.2) is 51.2 Å². The van der Waals surface area contributed by atoms with Gasteiger partial charge in [0, 0.05) is 19.3 Å². The second-order valence-corrected chi connectivity index (χ2v) is 9.91. The van der Waals surface area contributed by atoms with Gasteiger partial charge >= 0.3 is 11.9 Å². The summed E-state index contributed by atoms with van der Waals surface area (Å²) < 4.78 is 0. The normalized spacial score (nSPS) is 12.0. The molecule has 0 heterocycles. The largest absolute Gasteiger partial charge is 0.481 e. The predicted octanol–water partition coefficient (Wildman–Crippen LogP) is 5.65. The molecule has 0 aromatic carbocycles. The summed E-state index contributed by atoms with van der Waals surface area (Å²) in [6.07, 6.45) is 15.6. The summed E-state index contributed by atoms with van der Waals surface area (Å²) in [4.78, 5) is 56.7. The third-order valence-corrected chi connectivity index (χ3v) is 6.47. The summed E-state index contributed by atoms with van der Waals surface area (Å²) in [5.74, 6) is -2.69. The van der Waals surface area contributed by atoms with Gasteiger partial charge in [-0.3, -0.25) is 19.2 Å². The fourth-order valence-electron chi connectivity index (χ4n) is 3.86. The minimum atomic E-state index is -1.19. The van der Waals surface area contributed by atoms with Crippen molar-refractivity contribution >= 4 is 41.5 Å². The molecule has 222 valence electrons. The first kappa shape index (κ1) is 38.0. The molecule has 38 heavy (non-hydrogen) atoms. The Kier molecular flexibility index (Phi) is 26.5. The maximum atomic E-state index is 12.1. The topological polar surface area (TPSA) is 150 Å². The molecule has 0 fully saturated rings. The molecule has 2 amide bonds. The zero-order chi connectivity index (χ0) is 29.2. The zero-order valence-electron chi connectivity index (χ0n) is 23.8. The maximum Gasteiger partial charge on any atom is 0.326 e. The Labute approximate surface area is 234 Å². The number of thiol groups is 1. The van der Waals surface area contributed by atoms with Crippen LogP contribution in [0.2, 0.25) is 0 Å². The van der Waals surface area contributed by atoms with E-state index in [1.807, 2.05) is 13.8 Å². The summed E-state index contributed by atoms with van der Waals surface area (Å²) in [6, 6.07) is -1.89. The zero-order valence-corrected chi connectivity index (χ0v) is 24.7. The van der Waals surface area contributed by atoms with E-state index in [0.717, 1.165) is 38.5 Å². The van der Waals surface area contributed by atoms with Gasteiger partial charge in [0.25, 0.3) is 0 Å². The molecule has 0 radical (unpaired) electrons. The van der Waals surface area contributed by atoms with Gasteiger partial charge in [-0.15, -0.1) is 12.6 Å². The second-order valence-electron chi connectivity index (χ2n) is 9.47. The highest BCUT2D eigenvalue weighted by Crippen LogP contribution is 2.14. The van der Waals surface area contributed by atoms with E-state index in [2.05, 4.69) is 23.3 Å². The van der Waals surface area contributed by atoms with Crippen LogP contribution >= 0.6 is 12.6 Å².